The molecule has 2 aliphatic rings. The third-order valence-corrected chi connectivity index (χ3v) is 6.90. The maximum Gasteiger partial charge on any atom is 0.338 e. The molecule has 6 rings (SSSR count). The van der Waals surface area contributed by atoms with Crippen LogP contribution in [0.3, 0.4) is 0 Å². The van der Waals surface area contributed by atoms with Crippen molar-refractivity contribution < 1.29 is 23.8 Å². The first-order valence-electron chi connectivity index (χ1n) is 14.1. The summed E-state index contributed by atoms with van der Waals surface area (Å²) in [6.07, 6.45) is 0. The fraction of sp³-hybridized carbons (Fsp3) is 0.111. The molecule has 0 atom stereocenters. The van der Waals surface area contributed by atoms with E-state index in [1.165, 1.54) is 0 Å². The standard InChI is InChI=1S/C36H30N2O5/c39-19-20-41-21-22-42-36(40)30-14-8-7-13-29(30)35-31-17-15-27(37-25-9-3-1-4-10-25)23-33(31)43-34-24-28(16-18-32(34)35)38-26-11-5-2-6-12-26/h1-18,23-24,37,39H,19-22H2. The van der Waals surface area contributed by atoms with Gasteiger partial charge in [0.1, 0.15) is 18.0 Å². The molecule has 4 aromatic rings. The van der Waals surface area contributed by atoms with Crippen LogP contribution in [0.1, 0.15) is 10.4 Å². The van der Waals surface area contributed by atoms with Crippen LogP contribution in [0.25, 0.3) is 33.4 Å². The van der Waals surface area contributed by atoms with Gasteiger partial charge in [0.05, 0.1) is 36.4 Å². The molecule has 0 spiro atoms. The van der Waals surface area contributed by atoms with Crippen molar-refractivity contribution in [2.45, 2.75) is 0 Å². The van der Waals surface area contributed by atoms with Gasteiger partial charge in [-0.3, -0.25) is 0 Å². The van der Waals surface area contributed by atoms with Crippen molar-refractivity contribution in [1.29, 1.82) is 0 Å². The summed E-state index contributed by atoms with van der Waals surface area (Å²) in [6, 6.07) is 38.9. The number of hydrogen-bond donors (Lipinski definition) is 2. The lowest BCUT2D eigenvalue weighted by Gasteiger charge is -2.18. The van der Waals surface area contributed by atoms with Gasteiger partial charge in [-0.2, -0.15) is 0 Å². The highest BCUT2D eigenvalue weighted by atomic mass is 16.6. The second kappa shape index (κ2) is 13.2. The molecule has 0 amide bonds. The Morgan fingerprint density at radius 1 is 0.744 bits per heavy atom. The Hall–Kier alpha value is -5.24. The zero-order valence-corrected chi connectivity index (χ0v) is 23.4. The van der Waals surface area contributed by atoms with Crippen LogP contribution in [0.2, 0.25) is 0 Å². The Morgan fingerprint density at radius 2 is 1.51 bits per heavy atom. The number of aliphatic hydroxyl groups is 1. The van der Waals surface area contributed by atoms with Gasteiger partial charge in [-0.05, 0) is 60.2 Å². The Kier molecular flexibility index (Phi) is 8.54. The number of carbonyl (C=O) groups excluding carboxylic acids is 1. The Bertz CT molecular complexity index is 1880. The summed E-state index contributed by atoms with van der Waals surface area (Å²) in [5, 5.41) is 14.0. The molecule has 0 saturated heterocycles. The SMILES string of the molecule is O=C(OCCOCCO)c1ccccc1-c1c2ccc(=Nc3ccccc3)cc-2oc2cc(Nc3ccccc3)ccc12. The Morgan fingerprint density at radius 3 is 2.33 bits per heavy atom. The van der Waals surface area contributed by atoms with Crippen LogP contribution in [0.5, 0.6) is 0 Å². The zero-order valence-electron chi connectivity index (χ0n) is 23.4. The molecule has 4 aromatic carbocycles. The van der Waals surface area contributed by atoms with Gasteiger partial charge < -0.3 is 24.3 Å². The van der Waals surface area contributed by atoms with Crippen LogP contribution in [-0.4, -0.2) is 37.5 Å². The highest BCUT2D eigenvalue weighted by Crippen LogP contribution is 2.42. The Labute approximate surface area is 249 Å². The number of benzene rings is 5. The van der Waals surface area contributed by atoms with E-state index in [1.807, 2.05) is 115 Å². The molecule has 0 aromatic heterocycles. The predicted molar refractivity (Wildman–Crippen MR) is 168 cm³/mol. The number of nitrogens with zero attached hydrogens (tertiary/aromatic N) is 1. The van der Waals surface area contributed by atoms with E-state index in [2.05, 4.69) is 5.32 Å². The van der Waals surface area contributed by atoms with E-state index < -0.39 is 5.97 Å². The first-order valence-corrected chi connectivity index (χ1v) is 14.1. The van der Waals surface area contributed by atoms with Crippen LogP contribution in [0.4, 0.5) is 17.1 Å². The number of anilines is 2. The molecule has 2 N–H and O–H groups in total. The first-order chi connectivity index (χ1) is 21.2. The number of ether oxygens (including phenoxy) is 2. The molecule has 43 heavy (non-hydrogen) atoms. The third kappa shape index (κ3) is 6.48. The molecule has 0 fully saturated rings. The minimum atomic E-state index is -0.455. The van der Waals surface area contributed by atoms with E-state index in [4.69, 9.17) is 24.0 Å². The van der Waals surface area contributed by atoms with Gasteiger partial charge in [0.25, 0.3) is 0 Å². The minimum Gasteiger partial charge on any atom is -0.460 e. The zero-order chi connectivity index (χ0) is 29.4. The van der Waals surface area contributed by atoms with Gasteiger partial charge in [-0.1, -0.05) is 54.6 Å². The minimum absolute atomic E-state index is 0.0810. The van der Waals surface area contributed by atoms with Gasteiger partial charge in [0.15, 0.2) is 0 Å². The lowest BCUT2D eigenvalue weighted by Crippen LogP contribution is -2.13. The molecule has 7 heteroatoms. The normalized spacial score (nSPS) is 11.6. The quantitative estimate of drug-likeness (QED) is 0.102. The third-order valence-electron chi connectivity index (χ3n) is 6.90. The number of aliphatic hydroxyl groups excluding tert-OH is 1. The van der Waals surface area contributed by atoms with Crippen molar-refractivity contribution in [3.8, 4) is 22.5 Å². The monoisotopic (exact) mass is 570 g/mol. The number of hydrogen-bond acceptors (Lipinski definition) is 7. The molecule has 0 saturated carbocycles. The Balaban J connectivity index is 1.49. The number of esters is 1. The summed E-state index contributed by atoms with van der Waals surface area (Å²) >= 11 is 0. The molecule has 1 heterocycles. The first kappa shape index (κ1) is 27.9. The predicted octanol–water partition coefficient (Wildman–Crippen LogP) is 7.35. The number of fused-ring (bicyclic) bond motifs is 2. The van der Waals surface area contributed by atoms with Crippen molar-refractivity contribution >= 4 is 34.0 Å². The fourth-order valence-electron chi connectivity index (χ4n) is 4.97. The number of carbonyl (C=O) groups is 1. The average molecular weight is 571 g/mol. The summed E-state index contributed by atoms with van der Waals surface area (Å²) in [5.41, 5.74) is 6.19. The van der Waals surface area contributed by atoms with Crippen molar-refractivity contribution in [2.24, 2.45) is 4.99 Å². The van der Waals surface area contributed by atoms with Crippen LogP contribution < -0.4 is 10.7 Å². The summed E-state index contributed by atoms with van der Waals surface area (Å²) in [5.74, 6) is 0.181. The van der Waals surface area contributed by atoms with Crippen LogP contribution in [0.15, 0.2) is 131 Å². The van der Waals surface area contributed by atoms with E-state index in [-0.39, 0.29) is 26.4 Å². The van der Waals surface area contributed by atoms with E-state index in [1.54, 1.807) is 6.07 Å². The number of para-hydroxylation sites is 2. The molecular formula is C36H30N2O5. The summed E-state index contributed by atoms with van der Waals surface area (Å²) < 4.78 is 17.3. The lowest BCUT2D eigenvalue weighted by molar-refractivity contribution is 0.0259. The van der Waals surface area contributed by atoms with Crippen LogP contribution in [0, 0.1) is 0 Å². The highest BCUT2D eigenvalue weighted by molar-refractivity contribution is 6.08. The van der Waals surface area contributed by atoms with Gasteiger partial charge >= 0.3 is 5.97 Å². The maximum absolute atomic E-state index is 13.3. The van der Waals surface area contributed by atoms with Gasteiger partial charge in [-0.15, -0.1) is 0 Å². The summed E-state index contributed by atoms with van der Waals surface area (Å²) in [6.45, 7) is 0.394. The number of rotatable bonds is 10. The lowest BCUT2D eigenvalue weighted by atomic mass is 9.90. The molecule has 1 aliphatic carbocycles. The van der Waals surface area contributed by atoms with Crippen molar-refractivity contribution in [1.82, 2.24) is 0 Å². The second-order valence-electron chi connectivity index (χ2n) is 9.82. The smallest absolute Gasteiger partial charge is 0.338 e. The van der Waals surface area contributed by atoms with E-state index in [0.717, 1.165) is 44.5 Å². The second-order valence-corrected chi connectivity index (χ2v) is 9.82. The highest BCUT2D eigenvalue weighted by Gasteiger charge is 2.22. The van der Waals surface area contributed by atoms with Gasteiger partial charge in [0.2, 0.25) is 0 Å². The largest absolute Gasteiger partial charge is 0.460 e. The molecule has 0 bridgehead atoms. The average Bonchev–Trinajstić information content (AvgIpc) is 3.04. The van der Waals surface area contributed by atoms with E-state index in [0.29, 0.717) is 16.9 Å². The fourth-order valence-corrected chi connectivity index (χ4v) is 4.97. The topological polar surface area (TPSA) is 93.3 Å². The van der Waals surface area contributed by atoms with Gasteiger partial charge in [0, 0.05) is 40.0 Å². The maximum atomic E-state index is 13.3. The van der Waals surface area contributed by atoms with Crippen LogP contribution >= 0.6 is 0 Å². The number of nitrogens with one attached hydrogen (secondary N) is 1. The van der Waals surface area contributed by atoms with Crippen molar-refractivity contribution in [3.05, 3.63) is 132 Å². The van der Waals surface area contributed by atoms with E-state index in [9.17, 15) is 4.79 Å². The molecule has 1 aliphatic heterocycles. The van der Waals surface area contributed by atoms with E-state index >= 15 is 0 Å². The van der Waals surface area contributed by atoms with Gasteiger partial charge in [-0.25, -0.2) is 9.79 Å². The summed E-state index contributed by atoms with van der Waals surface area (Å²) in [7, 11) is 0. The van der Waals surface area contributed by atoms with Crippen molar-refractivity contribution in [3.63, 3.8) is 0 Å². The molecule has 0 radical (unpaired) electrons. The van der Waals surface area contributed by atoms with Crippen LogP contribution in [-0.2, 0) is 9.47 Å². The molecule has 214 valence electrons. The molecule has 7 nitrogen and oxygen atoms in total. The summed E-state index contributed by atoms with van der Waals surface area (Å²) in [4.78, 5) is 18.1. The van der Waals surface area contributed by atoms with Crippen molar-refractivity contribution in [2.75, 3.05) is 31.7 Å². The molecule has 0 unspecified atom stereocenters. The molecular weight excluding hydrogens is 540 g/mol.